The number of anilines is 1. The number of aliphatic carboxylic acids is 1. The number of hydrogen-bond donors (Lipinski definition) is 4. The molecule has 0 saturated heterocycles. The maximum Gasteiger partial charge on any atom is 0.307 e. The van der Waals surface area contributed by atoms with E-state index >= 15 is 0 Å². The molecular weight excluding hydrogens is 384 g/mol. The first-order chi connectivity index (χ1) is 14.5. The molecule has 0 amide bonds. The van der Waals surface area contributed by atoms with Gasteiger partial charge in [0.2, 0.25) is 0 Å². The molecule has 0 bridgehead atoms. The molecule has 30 heavy (non-hydrogen) atoms. The van der Waals surface area contributed by atoms with Crippen LogP contribution in [0.5, 0.6) is 11.5 Å². The van der Waals surface area contributed by atoms with E-state index in [-0.39, 0.29) is 29.2 Å². The number of carbonyl (C=O) groups is 2. The number of carboxylic acid groups (broad SMARTS) is 1. The van der Waals surface area contributed by atoms with Gasteiger partial charge in [0, 0.05) is 16.7 Å². The number of nitrogens with one attached hydrogen (secondary N) is 1. The topological polar surface area (TPSA) is 140 Å². The molecule has 152 valence electrons. The standard InChI is InChI=1S/C22H20N4O4/c23-20-18(21(29)14-5-4-6-16(11-14)25-13-26-24)10-9-15(12-19(27)28)22(20)30-17-7-2-1-3-8-17/h1-11,13H,12,23-24H2,(H,25,26)(H,27,28). The number of nitrogen functional groups attached to an aromatic ring is 1. The number of aliphatic imine (C=N–C) groups is 1. The number of nitrogens with zero attached hydrogens (tertiary/aromatic N) is 1. The number of ether oxygens (including phenoxy) is 1. The van der Waals surface area contributed by atoms with E-state index in [4.69, 9.17) is 16.3 Å². The maximum absolute atomic E-state index is 13.1. The zero-order chi connectivity index (χ0) is 21.5. The normalized spacial score (nSPS) is 10.7. The minimum Gasteiger partial charge on any atom is -0.481 e. The van der Waals surface area contributed by atoms with Gasteiger partial charge in [-0.05, 0) is 30.3 Å². The fourth-order valence-corrected chi connectivity index (χ4v) is 2.87. The van der Waals surface area contributed by atoms with Crippen LogP contribution in [0.1, 0.15) is 21.5 Å². The summed E-state index contributed by atoms with van der Waals surface area (Å²) in [6, 6.07) is 18.5. The molecule has 0 fully saturated rings. The number of hydrogen-bond acceptors (Lipinski definition) is 6. The van der Waals surface area contributed by atoms with Crippen LogP contribution >= 0.6 is 0 Å². The predicted molar refractivity (Wildman–Crippen MR) is 114 cm³/mol. The zero-order valence-corrected chi connectivity index (χ0v) is 15.9. The van der Waals surface area contributed by atoms with Crippen molar-refractivity contribution in [3.05, 3.63) is 83.4 Å². The Hall–Kier alpha value is -4.17. The van der Waals surface area contributed by atoms with Crippen molar-refractivity contribution in [2.45, 2.75) is 6.42 Å². The Morgan fingerprint density at radius 2 is 1.83 bits per heavy atom. The van der Waals surface area contributed by atoms with Gasteiger partial charge in [-0.1, -0.05) is 36.4 Å². The number of carboxylic acids is 1. The van der Waals surface area contributed by atoms with Crippen molar-refractivity contribution in [2.75, 3.05) is 5.73 Å². The van der Waals surface area contributed by atoms with Crippen LogP contribution in [0.15, 0.2) is 71.7 Å². The Balaban J connectivity index is 2.03. The molecule has 8 heteroatoms. The fraction of sp³-hybridized carbons (Fsp3) is 0.0455. The summed E-state index contributed by atoms with van der Waals surface area (Å²) in [5.41, 5.74) is 10.1. The Morgan fingerprint density at radius 3 is 2.53 bits per heavy atom. The molecule has 8 nitrogen and oxygen atoms in total. The molecule has 0 unspecified atom stereocenters. The first-order valence-electron chi connectivity index (χ1n) is 8.99. The van der Waals surface area contributed by atoms with Gasteiger partial charge < -0.3 is 21.0 Å². The van der Waals surface area contributed by atoms with Gasteiger partial charge in [-0.3, -0.25) is 9.59 Å². The van der Waals surface area contributed by atoms with Gasteiger partial charge in [0.05, 0.1) is 17.8 Å². The molecule has 3 aromatic rings. The Kier molecular flexibility index (Phi) is 6.41. The van der Waals surface area contributed by atoms with Gasteiger partial charge in [0.25, 0.3) is 0 Å². The van der Waals surface area contributed by atoms with Crippen LogP contribution in [-0.2, 0) is 11.2 Å². The average Bonchev–Trinajstić information content (AvgIpc) is 2.75. The highest BCUT2D eigenvalue weighted by Gasteiger charge is 2.20. The largest absolute Gasteiger partial charge is 0.481 e. The molecule has 0 aliphatic carbocycles. The molecule has 0 atom stereocenters. The predicted octanol–water partition coefficient (Wildman–Crippen LogP) is 3.04. The first kappa shape index (κ1) is 20.6. The second-order valence-corrected chi connectivity index (χ2v) is 6.30. The van der Waals surface area contributed by atoms with Gasteiger partial charge in [-0.2, -0.15) is 0 Å². The Labute approximate surface area is 172 Å². The quantitative estimate of drug-likeness (QED) is 0.113. The summed E-state index contributed by atoms with van der Waals surface area (Å²) in [6.45, 7) is 0. The fourth-order valence-electron chi connectivity index (χ4n) is 2.87. The van der Waals surface area contributed by atoms with Crippen LogP contribution in [0.3, 0.4) is 0 Å². The van der Waals surface area contributed by atoms with Crippen molar-refractivity contribution in [3.8, 4) is 11.5 Å². The smallest absolute Gasteiger partial charge is 0.307 e. The lowest BCUT2D eigenvalue weighted by atomic mass is 9.98. The maximum atomic E-state index is 13.1. The lowest BCUT2D eigenvalue weighted by Crippen LogP contribution is -2.18. The first-order valence-corrected chi connectivity index (χ1v) is 8.99. The van der Waals surface area contributed by atoms with E-state index in [1.807, 2.05) is 6.07 Å². The Morgan fingerprint density at radius 1 is 1.07 bits per heavy atom. The van der Waals surface area contributed by atoms with Gasteiger partial charge >= 0.3 is 5.97 Å². The lowest BCUT2D eigenvalue weighted by molar-refractivity contribution is -0.136. The van der Waals surface area contributed by atoms with E-state index < -0.39 is 5.97 Å². The van der Waals surface area contributed by atoms with Gasteiger partial charge in [0.15, 0.2) is 11.5 Å². The van der Waals surface area contributed by atoms with Crippen molar-refractivity contribution in [2.24, 2.45) is 10.8 Å². The molecular formula is C22H20N4O4. The second-order valence-electron chi connectivity index (χ2n) is 6.30. The molecule has 3 aromatic carbocycles. The summed E-state index contributed by atoms with van der Waals surface area (Å²) in [5, 5.41) is 9.22. The number of hydrazine groups is 1. The number of ketones is 1. The third-order valence-corrected chi connectivity index (χ3v) is 4.22. The van der Waals surface area contributed by atoms with Crippen LogP contribution < -0.4 is 21.7 Å². The van der Waals surface area contributed by atoms with Crippen LogP contribution in [0.25, 0.3) is 0 Å². The summed E-state index contributed by atoms with van der Waals surface area (Å²) in [4.78, 5) is 28.4. The summed E-state index contributed by atoms with van der Waals surface area (Å²) in [6.07, 6.45) is 1.00. The molecule has 0 heterocycles. The highest BCUT2D eigenvalue weighted by atomic mass is 16.5. The number of para-hydroxylation sites is 1. The summed E-state index contributed by atoms with van der Waals surface area (Å²) >= 11 is 0. The SMILES string of the molecule is NNC=Nc1cccc(C(=O)c2ccc(CC(=O)O)c(Oc3ccccc3)c2N)c1. The van der Waals surface area contributed by atoms with Gasteiger partial charge in [-0.25, -0.2) is 10.8 Å². The number of rotatable bonds is 8. The van der Waals surface area contributed by atoms with E-state index in [1.165, 1.54) is 18.5 Å². The molecule has 3 rings (SSSR count). The van der Waals surface area contributed by atoms with E-state index in [0.717, 1.165) is 0 Å². The van der Waals surface area contributed by atoms with Gasteiger partial charge in [-0.15, -0.1) is 0 Å². The van der Waals surface area contributed by atoms with Gasteiger partial charge in [0.1, 0.15) is 12.1 Å². The minimum atomic E-state index is -1.04. The van der Waals surface area contributed by atoms with E-state index in [1.54, 1.807) is 48.5 Å². The summed E-state index contributed by atoms with van der Waals surface area (Å²) < 4.78 is 5.86. The van der Waals surface area contributed by atoms with Crippen LogP contribution in [0, 0.1) is 0 Å². The van der Waals surface area contributed by atoms with Crippen LogP contribution in [0.2, 0.25) is 0 Å². The highest BCUT2D eigenvalue weighted by Crippen LogP contribution is 2.35. The third kappa shape index (κ3) is 4.81. The number of benzene rings is 3. The van der Waals surface area contributed by atoms with Crippen molar-refractivity contribution < 1.29 is 19.4 Å². The highest BCUT2D eigenvalue weighted by molar-refractivity contribution is 6.13. The Bertz CT molecular complexity index is 1100. The molecule has 0 aliphatic heterocycles. The van der Waals surface area contributed by atoms with Crippen molar-refractivity contribution in [1.82, 2.24) is 5.43 Å². The number of carbonyl (C=O) groups excluding carboxylic acids is 1. The molecule has 0 aromatic heterocycles. The van der Waals surface area contributed by atoms with E-state index in [9.17, 15) is 14.7 Å². The van der Waals surface area contributed by atoms with Crippen molar-refractivity contribution >= 4 is 29.5 Å². The van der Waals surface area contributed by atoms with Crippen LogP contribution in [0.4, 0.5) is 11.4 Å². The molecule has 0 spiro atoms. The van der Waals surface area contributed by atoms with E-state index in [0.29, 0.717) is 22.6 Å². The summed E-state index contributed by atoms with van der Waals surface area (Å²) in [7, 11) is 0. The lowest BCUT2D eigenvalue weighted by Gasteiger charge is -2.16. The molecule has 6 N–H and O–H groups in total. The van der Waals surface area contributed by atoms with Crippen LogP contribution in [-0.4, -0.2) is 23.2 Å². The molecule has 0 aliphatic rings. The number of nitrogens with two attached hydrogens (primary N) is 2. The van der Waals surface area contributed by atoms with Crippen molar-refractivity contribution in [1.29, 1.82) is 0 Å². The monoisotopic (exact) mass is 404 g/mol. The molecule has 0 radical (unpaired) electrons. The third-order valence-electron chi connectivity index (χ3n) is 4.22. The average molecular weight is 404 g/mol. The van der Waals surface area contributed by atoms with Crippen molar-refractivity contribution in [3.63, 3.8) is 0 Å². The second kappa shape index (κ2) is 9.35. The zero-order valence-electron chi connectivity index (χ0n) is 15.9. The minimum absolute atomic E-state index is 0.0696. The summed E-state index contributed by atoms with van der Waals surface area (Å²) in [5.74, 6) is 4.42. The van der Waals surface area contributed by atoms with E-state index in [2.05, 4.69) is 10.4 Å². The molecule has 0 saturated carbocycles.